The van der Waals surface area contributed by atoms with E-state index in [9.17, 15) is 8.42 Å². The van der Waals surface area contributed by atoms with E-state index in [0.717, 1.165) is 13.1 Å². The third-order valence-electron chi connectivity index (χ3n) is 3.12. The first-order valence-electron chi connectivity index (χ1n) is 5.88. The zero-order valence-corrected chi connectivity index (χ0v) is 11.2. The topological polar surface area (TPSA) is 79.5 Å². The number of nitrogens with zero attached hydrogens (tertiary/aromatic N) is 3. The summed E-state index contributed by atoms with van der Waals surface area (Å²) in [6.45, 7) is 2.65. The quantitative estimate of drug-likeness (QED) is 0.799. The molecule has 18 heavy (non-hydrogen) atoms. The average molecular weight is 270 g/mol. The average Bonchev–Trinajstić information content (AvgIpc) is 2.39. The molecular formula is C11H18N4O2S. The van der Waals surface area contributed by atoms with E-state index >= 15 is 0 Å². The maximum absolute atomic E-state index is 12.5. The van der Waals surface area contributed by atoms with Gasteiger partial charge in [0.1, 0.15) is 4.90 Å². The molecule has 0 radical (unpaired) electrons. The second-order valence-corrected chi connectivity index (χ2v) is 6.27. The Balaban J connectivity index is 2.30. The van der Waals surface area contributed by atoms with Crippen LogP contribution in [0.15, 0.2) is 23.2 Å². The molecule has 1 aromatic heterocycles. The Morgan fingerprint density at radius 3 is 2.61 bits per heavy atom. The Kier molecular flexibility index (Phi) is 3.96. The number of aromatic nitrogens is 1. The van der Waals surface area contributed by atoms with Crippen LogP contribution in [0.25, 0.3) is 0 Å². The molecule has 1 aromatic rings. The van der Waals surface area contributed by atoms with Crippen LogP contribution in [-0.2, 0) is 16.6 Å². The Bertz CT molecular complexity index is 510. The van der Waals surface area contributed by atoms with E-state index in [2.05, 4.69) is 9.88 Å². The van der Waals surface area contributed by atoms with Gasteiger partial charge >= 0.3 is 0 Å². The van der Waals surface area contributed by atoms with Crippen molar-refractivity contribution in [2.24, 2.45) is 5.73 Å². The van der Waals surface area contributed by atoms with E-state index in [1.807, 2.05) is 7.05 Å². The van der Waals surface area contributed by atoms with Crippen LogP contribution >= 0.6 is 0 Å². The number of hydrogen-bond acceptors (Lipinski definition) is 5. The van der Waals surface area contributed by atoms with Crippen LogP contribution < -0.4 is 5.73 Å². The Hall–Kier alpha value is -1.02. The van der Waals surface area contributed by atoms with Crippen molar-refractivity contribution in [1.82, 2.24) is 14.2 Å². The van der Waals surface area contributed by atoms with Crippen molar-refractivity contribution in [3.63, 3.8) is 0 Å². The fourth-order valence-electron chi connectivity index (χ4n) is 1.98. The molecule has 0 amide bonds. The second kappa shape index (κ2) is 5.31. The van der Waals surface area contributed by atoms with Gasteiger partial charge in [-0.1, -0.05) is 0 Å². The Morgan fingerprint density at radius 1 is 1.33 bits per heavy atom. The molecule has 2 rings (SSSR count). The molecule has 2 heterocycles. The summed E-state index contributed by atoms with van der Waals surface area (Å²) >= 11 is 0. The summed E-state index contributed by atoms with van der Waals surface area (Å²) in [5, 5.41) is 0. The highest BCUT2D eigenvalue weighted by atomic mass is 32.2. The van der Waals surface area contributed by atoms with Crippen molar-refractivity contribution < 1.29 is 8.42 Å². The van der Waals surface area contributed by atoms with E-state index in [1.54, 1.807) is 18.3 Å². The molecular weight excluding hydrogens is 252 g/mol. The number of nitrogens with two attached hydrogens (primary N) is 1. The van der Waals surface area contributed by atoms with Gasteiger partial charge in [-0.05, 0) is 19.2 Å². The van der Waals surface area contributed by atoms with Crippen LogP contribution in [0, 0.1) is 0 Å². The number of pyridine rings is 1. The molecule has 0 unspecified atom stereocenters. The summed E-state index contributed by atoms with van der Waals surface area (Å²) in [6, 6.07) is 3.20. The summed E-state index contributed by atoms with van der Waals surface area (Å²) in [5.41, 5.74) is 5.97. The molecule has 1 saturated heterocycles. The summed E-state index contributed by atoms with van der Waals surface area (Å²) in [7, 11) is -1.48. The van der Waals surface area contributed by atoms with Crippen molar-refractivity contribution in [3.8, 4) is 0 Å². The van der Waals surface area contributed by atoms with Crippen LogP contribution in [0.4, 0.5) is 0 Å². The second-order valence-electron chi connectivity index (χ2n) is 4.36. The maximum Gasteiger partial charge on any atom is 0.245 e. The standard InChI is InChI=1S/C11H18N4O2S/c1-14-5-7-15(8-6-14)18(16,17)11-3-2-4-13-10(11)9-12/h2-4H,5-9,12H2,1H3. The lowest BCUT2D eigenvalue weighted by molar-refractivity contribution is 0.222. The van der Waals surface area contributed by atoms with Gasteiger partial charge in [-0.15, -0.1) is 0 Å². The van der Waals surface area contributed by atoms with Gasteiger partial charge in [0.15, 0.2) is 0 Å². The van der Waals surface area contributed by atoms with Crippen molar-refractivity contribution in [1.29, 1.82) is 0 Å². The molecule has 2 N–H and O–H groups in total. The molecule has 0 aromatic carbocycles. The minimum Gasteiger partial charge on any atom is -0.325 e. The van der Waals surface area contributed by atoms with Gasteiger partial charge in [0, 0.05) is 38.9 Å². The van der Waals surface area contributed by atoms with Crippen LogP contribution in [0.5, 0.6) is 0 Å². The largest absolute Gasteiger partial charge is 0.325 e. The molecule has 6 nitrogen and oxygen atoms in total. The summed E-state index contributed by atoms with van der Waals surface area (Å²) < 4.78 is 26.5. The van der Waals surface area contributed by atoms with Crippen molar-refractivity contribution in [2.45, 2.75) is 11.4 Å². The molecule has 0 aliphatic carbocycles. The van der Waals surface area contributed by atoms with Gasteiger partial charge in [-0.2, -0.15) is 4.31 Å². The lowest BCUT2D eigenvalue weighted by atomic mass is 10.3. The van der Waals surface area contributed by atoms with Crippen LogP contribution in [0.1, 0.15) is 5.69 Å². The smallest absolute Gasteiger partial charge is 0.245 e. The van der Waals surface area contributed by atoms with Gasteiger partial charge in [0.2, 0.25) is 10.0 Å². The van der Waals surface area contributed by atoms with Gasteiger partial charge in [-0.3, -0.25) is 4.98 Å². The highest BCUT2D eigenvalue weighted by molar-refractivity contribution is 7.89. The molecule has 1 aliphatic rings. The molecule has 1 aliphatic heterocycles. The number of rotatable bonds is 3. The SMILES string of the molecule is CN1CCN(S(=O)(=O)c2cccnc2CN)CC1. The van der Waals surface area contributed by atoms with Crippen molar-refractivity contribution in [3.05, 3.63) is 24.0 Å². The predicted molar refractivity (Wildman–Crippen MR) is 68.4 cm³/mol. The first-order valence-corrected chi connectivity index (χ1v) is 7.32. The van der Waals surface area contributed by atoms with Crippen LogP contribution in [0.3, 0.4) is 0 Å². The monoisotopic (exact) mass is 270 g/mol. The van der Waals surface area contributed by atoms with Crippen molar-refractivity contribution >= 4 is 10.0 Å². The highest BCUT2D eigenvalue weighted by Crippen LogP contribution is 2.19. The van der Waals surface area contributed by atoms with E-state index < -0.39 is 10.0 Å². The number of piperazine rings is 1. The third-order valence-corrected chi connectivity index (χ3v) is 5.09. The number of hydrogen-bond donors (Lipinski definition) is 1. The fraction of sp³-hybridized carbons (Fsp3) is 0.545. The highest BCUT2D eigenvalue weighted by Gasteiger charge is 2.29. The lowest BCUT2D eigenvalue weighted by Crippen LogP contribution is -2.47. The fourth-order valence-corrected chi connectivity index (χ4v) is 3.59. The zero-order chi connectivity index (χ0) is 13.2. The van der Waals surface area contributed by atoms with Crippen LogP contribution in [0.2, 0.25) is 0 Å². The predicted octanol–water partition coefficient (Wildman–Crippen LogP) is -0.524. The first-order chi connectivity index (χ1) is 8.55. The zero-order valence-electron chi connectivity index (χ0n) is 10.4. The minimum atomic E-state index is -3.46. The number of sulfonamides is 1. The Morgan fingerprint density at radius 2 is 2.00 bits per heavy atom. The maximum atomic E-state index is 12.5. The molecule has 0 bridgehead atoms. The van der Waals surface area contributed by atoms with E-state index in [1.165, 1.54) is 4.31 Å². The van der Waals surface area contributed by atoms with E-state index in [-0.39, 0.29) is 11.4 Å². The third kappa shape index (κ3) is 2.54. The van der Waals surface area contributed by atoms with Gasteiger partial charge < -0.3 is 10.6 Å². The summed E-state index contributed by atoms with van der Waals surface area (Å²) in [4.78, 5) is 6.38. The molecule has 0 spiro atoms. The Labute approximate surface area is 107 Å². The molecule has 0 saturated carbocycles. The van der Waals surface area contributed by atoms with Crippen LogP contribution in [-0.4, -0.2) is 55.8 Å². The van der Waals surface area contributed by atoms with Gasteiger partial charge in [0.25, 0.3) is 0 Å². The summed E-state index contributed by atoms with van der Waals surface area (Å²) in [6.07, 6.45) is 1.56. The lowest BCUT2D eigenvalue weighted by Gasteiger charge is -2.31. The van der Waals surface area contributed by atoms with Crippen molar-refractivity contribution in [2.75, 3.05) is 33.2 Å². The number of likely N-dealkylation sites (N-methyl/N-ethyl adjacent to an activating group) is 1. The summed E-state index contributed by atoms with van der Waals surface area (Å²) in [5.74, 6) is 0. The normalized spacial score (nSPS) is 19.0. The van der Waals surface area contributed by atoms with E-state index in [0.29, 0.717) is 18.8 Å². The van der Waals surface area contributed by atoms with Gasteiger partial charge in [-0.25, -0.2) is 8.42 Å². The molecule has 100 valence electrons. The molecule has 1 fully saturated rings. The molecule has 7 heteroatoms. The van der Waals surface area contributed by atoms with E-state index in [4.69, 9.17) is 5.73 Å². The van der Waals surface area contributed by atoms with Gasteiger partial charge in [0.05, 0.1) is 5.69 Å². The molecule has 0 atom stereocenters. The first kappa shape index (κ1) is 13.4. The minimum absolute atomic E-state index is 0.128.